The molecule has 4 aliphatic heterocycles. The average molecular weight is 1160 g/mol. The number of anilines is 2. The Hall–Kier alpha value is -7.02. The van der Waals surface area contributed by atoms with Crippen LogP contribution >= 0.6 is 11.3 Å². The minimum absolute atomic E-state index is 0.00240. The first-order valence-electron chi connectivity index (χ1n) is 27.8. The molecule has 4 aliphatic rings. The van der Waals surface area contributed by atoms with Crippen molar-refractivity contribution in [1.29, 1.82) is 0 Å². The van der Waals surface area contributed by atoms with E-state index in [1.165, 1.54) is 6.20 Å². The van der Waals surface area contributed by atoms with Gasteiger partial charge in [-0.1, -0.05) is 57.2 Å². The predicted molar refractivity (Wildman–Crippen MR) is 309 cm³/mol. The highest BCUT2D eigenvalue weighted by Crippen LogP contribution is 2.37. The number of hydrogen-bond acceptors (Lipinski definition) is 13. The third kappa shape index (κ3) is 12.1. The monoisotopic (exact) mass is 1160 g/mol. The number of aliphatic hydroxyl groups excluding tert-OH is 1. The van der Waals surface area contributed by atoms with Crippen molar-refractivity contribution < 1.29 is 41.1 Å². The zero-order valence-corrected chi connectivity index (χ0v) is 47.8. The number of H-pyrrole nitrogens is 2. The molecule has 1 unspecified atom stereocenters. The Morgan fingerprint density at radius 1 is 0.841 bits per heavy atom. The summed E-state index contributed by atoms with van der Waals surface area (Å²) in [6, 6.07) is 18.3. The largest absolute Gasteiger partial charge is 0.391 e. The maximum Gasteiger partial charge on any atom is 0.301 e. The summed E-state index contributed by atoms with van der Waals surface area (Å²) < 4.78 is 73.5. The third-order valence-electron chi connectivity index (χ3n) is 16.4. The number of carbonyl (C=O) groups is 3. The molecule has 0 aliphatic carbocycles. The van der Waals surface area contributed by atoms with Gasteiger partial charge in [0.15, 0.2) is 5.82 Å². The number of aliphatic hydroxyl groups is 1. The Labute approximate surface area is 478 Å². The van der Waals surface area contributed by atoms with E-state index in [4.69, 9.17) is 0 Å². The van der Waals surface area contributed by atoms with Crippen LogP contribution in [0.5, 0.6) is 0 Å². The number of alkyl halides is 1. The van der Waals surface area contributed by atoms with Gasteiger partial charge < -0.3 is 30.2 Å². The molecule has 0 saturated carbocycles. The number of carbonyl (C=O) groups excluding carboxylic acids is 3. The Morgan fingerprint density at radius 2 is 1.56 bits per heavy atom. The number of rotatable bonds is 16. The van der Waals surface area contributed by atoms with Gasteiger partial charge in [-0.3, -0.25) is 28.9 Å². The number of pyridine rings is 1. The second-order valence-electron chi connectivity index (χ2n) is 23.1. The van der Waals surface area contributed by atoms with Gasteiger partial charge in [0.1, 0.15) is 29.5 Å². The van der Waals surface area contributed by atoms with Crippen molar-refractivity contribution in [2.24, 2.45) is 11.3 Å². The fraction of sp³-hybridized carbons (Fsp3) is 0.424. The van der Waals surface area contributed by atoms with Gasteiger partial charge in [0.2, 0.25) is 17.6 Å². The number of likely N-dealkylation sites (tertiary alicyclic amines) is 2. The van der Waals surface area contributed by atoms with Gasteiger partial charge in [0, 0.05) is 93.4 Å². The molecule has 82 heavy (non-hydrogen) atoms. The minimum Gasteiger partial charge on any atom is -0.391 e. The topological polar surface area (TPSA) is 216 Å². The van der Waals surface area contributed by atoms with E-state index in [-0.39, 0.29) is 43.4 Å². The molecule has 4 saturated heterocycles. The molecule has 23 heteroatoms. The lowest BCUT2D eigenvalue weighted by Gasteiger charge is -2.40. The summed E-state index contributed by atoms with van der Waals surface area (Å²) >= 11 is 1.60. The molecule has 7 aromatic rings. The van der Waals surface area contributed by atoms with Crippen molar-refractivity contribution in [1.82, 2.24) is 49.2 Å². The number of β-amino-alcohol motifs (C(OH)–C–C–N with tert-alkyl or cyclic N) is 1. The summed E-state index contributed by atoms with van der Waals surface area (Å²) in [4.78, 5) is 71.7. The molecule has 0 bridgehead atoms. The van der Waals surface area contributed by atoms with Crippen LogP contribution in [0.1, 0.15) is 79.9 Å². The molecule has 4 atom stereocenters. The maximum atomic E-state index is 15.8. The molecule has 432 valence electrons. The number of aryl methyl sites for hydroxylation is 1. The molecule has 4 aromatic heterocycles. The Morgan fingerprint density at radius 3 is 2.24 bits per heavy atom. The van der Waals surface area contributed by atoms with E-state index in [1.807, 2.05) is 74.3 Å². The predicted octanol–water partition coefficient (Wildman–Crippen LogP) is 7.96. The Kier molecular flexibility index (Phi) is 16.2. The van der Waals surface area contributed by atoms with Crippen LogP contribution in [-0.4, -0.2) is 165 Å². The number of aromatic amines is 2. The fourth-order valence-corrected chi connectivity index (χ4v) is 13.8. The molecular weight excluding hydrogens is 1090 g/mol. The SMILES string of the molecule is Cc1ncsc1-c1ccc(-c2cnc([C@@H]3C[C@@H](O)CN3C(=O)C(NC(=O)CN3CCC(CN4CCN(c5ccc(-c6cnc7[nH]cc(C(=O)c8c(F)ccc(NS(=O)(=O)N9CC[C@@H](F)C9)c8F)c7c6)cc5)CC4)CC3)C(C)(C)C)[nH]2)cc1. The number of nitrogens with zero attached hydrogens (tertiary/aromatic N) is 8. The number of fused-ring (bicyclic) bond motifs is 1. The number of benzene rings is 3. The van der Waals surface area contributed by atoms with E-state index in [2.05, 4.69) is 57.1 Å². The molecule has 8 heterocycles. The zero-order chi connectivity index (χ0) is 57.6. The number of nitrogens with one attached hydrogen (secondary N) is 4. The Balaban J connectivity index is 0.647. The first-order chi connectivity index (χ1) is 39.3. The second-order valence-corrected chi connectivity index (χ2v) is 25.7. The van der Waals surface area contributed by atoms with Crippen LogP contribution in [0.15, 0.2) is 90.8 Å². The lowest BCUT2D eigenvalue weighted by molar-refractivity contribution is -0.141. The van der Waals surface area contributed by atoms with E-state index in [0.717, 1.165) is 114 Å². The lowest BCUT2D eigenvalue weighted by atomic mass is 9.85. The Bertz CT molecular complexity index is 3590. The normalized spacial score (nSPS) is 20.2. The lowest BCUT2D eigenvalue weighted by Crippen LogP contribution is -2.56. The zero-order valence-electron chi connectivity index (χ0n) is 46.2. The summed E-state index contributed by atoms with van der Waals surface area (Å²) in [7, 11) is -4.37. The molecule has 0 radical (unpaired) electrons. The molecule has 2 amide bonds. The number of imidazole rings is 1. The van der Waals surface area contributed by atoms with Crippen molar-refractivity contribution in [3.05, 3.63) is 125 Å². The van der Waals surface area contributed by atoms with Gasteiger partial charge in [0.25, 0.3) is 0 Å². The summed E-state index contributed by atoms with van der Waals surface area (Å²) in [5.74, 6) is -2.95. The first kappa shape index (κ1) is 56.8. The fourth-order valence-electron chi connectivity index (χ4n) is 11.8. The van der Waals surface area contributed by atoms with E-state index < -0.39 is 75.2 Å². The number of piperidine rings is 1. The number of halogens is 3. The average Bonchev–Trinajstić information content (AvgIpc) is 4.37. The summed E-state index contributed by atoms with van der Waals surface area (Å²) in [5, 5.41) is 14.3. The highest BCUT2D eigenvalue weighted by molar-refractivity contribution is 7.90. The number of aromatic nitrogens is 5. The van der Waals surface area contributed by atoms with Crippen LogP contribution in [0.3, 0.4) is 0 Å². The standard InChI is InChI=1S/C59H67F3N12O6S2/c1-35-54(81-34-66-35)39-7-5-38(6-8-39)48-29-65-57(67-48)49-26-43(75)32-74(49)58(78)55(59(2,3)4)68-50(76)33-70-18-15-36(16-19-70)30-71-21-23-72(24-22-71)42-11-9-37(10-12-42)40-25-44-45(28-64-56(44)63-27-40)53(77)51-46(61)13-14-47(52(51)62)69-82(79,80)73-20-17-41(60)31-73/h5-14,25,27-29,34,36,41,43,49,55,69,75H,15-24,26,30-33H2,1-4H3,(H,63,64)(H,65,67)(H,68,76)/t41-,43-,49+,55?/m1/s1. The van der Waals surface area contributed by atoms with Crippen molar-refractivity contribution in [3.8, 4) is 32.8 Å². The molecule has 3 aromatic carbocycles. The van der Waals surface area contributed by atoms with Crippen molar-refractivity contribution in [2.75, 3.05) is 81.6 Å². The maximum absolute atomic E-state index is 15.8. The number of ketones is 1. The van der Waals surface area contributed by atoms with Gasteiger partial charge in [-0.05, 0) is 97.6 Å². The molecule has 0 spiro atoms. The van der Waals surface area contributed by atoms with Crippen molar-refractivity contribution in [2.45, 2.75) is 77.7 Å². The van der Waals surface area contributed by atoms with E-state index in [1.54, 1.807) is 34.7 Å². The van der Waals surface area contributed by atoms with E-state index in [0.29, 0.717) is 34.8 Å². The third-order valence-corrected chi connectivity index (χ3v) is 18.9. The highest BCUT2D eigenvalue weighted by Gasteiger charge is 2.44. The van der Waals surface area contributed by atoms with Crippen LogP contribution in [0.4, 0.5) is 24.5 Å². The van der Waals surface area contributed by atoms with E-state index in [9.17, 15) is 32.3 Å². The van der Waals surface area contributed by atoms with Gasteiger partial charge in [-0.15, -0.1) is 11.3 Å². The summed E-state index contributed by atoms with van der Waals surface area (Å²) in [6.07, 6.45) is 4.87. The van der Waals surface area contributed by atoms with Crippen molar-refractivity contribution in [3.63, 3.8) is 0 Å². The molecule has 4 fully saturated rings. The first-order valence-corrected chi connectivity index (χ1v) is 30.1. The van der Waals surface area contributed by atoms with Crippen LogP contribution in [0.2, 0.25) is 0 Å². The van der Waals surface area contributed by atoms with Crippen LogP contribution < -0.4 is 14.9 Å². The number of amides is 2. The molecule has 18 nitrogen and oxygen atoms in total. The summed E-state index contributed by atoms with van der Waals surface area (Å²) in [5.41, 5.74) is 6.29. The summed E-state index contributed by atoms with van der Waals surface area (Å²) in [6.45, 7) is 13.6. The smallest absolute Gasteiger partial charge is 0.301 e. The number of piperazine rings is 1. The number of thiazole rings is 1. The molecule has 5 N–H and O–H groups in total. The van der Waals surface area contributed by atoms with Gasteiger partial charge >= 0.3 is 10.2 Å². The van der Waals surface area contributed by atoms with Crippen molar-refractivity contribution >= 4 is 61.6 Å². The van der Waals surface area contributed by atoms with Crippen LogP contribution in [0, 0.1) is 29.9 Å². The quantitative estimate of drug-likeness (QED) is 0.0583. The molecule has 11 rings (SSSR count). The highest BCUT2D eigenvalue weighted by atomic mass is 32.2. The minimum atomic E-state index is -4.37. The number of hydrogen-bond donors (Lipinski definition) is 5. The second kappa shape index (κ2) is 23.3. The van der Waals surface area contributed by atoms with Crippen LogP contribution in [0.25, 0.3) is 43.9 Å². The van der Waals surface area contributed by atoms with Gasteiger partial charge in [-0.25, -0.2) is 28.1 Å². The van der Waals surface area contributed by atoms with Gasteiger partial charge in [-0.2, -0.15) is 12.7 Å². The van der Waals surface area contributed by atoms with E-state index >= 15 is 8.78 Å². The molecular formula is C59H67F3N12O6S2. The van der Waals surface area contributed by atoms with Gasteiger partial charge in [0.05, 0.1) is 57.9 Å². The van der Waals surface area contributed by atoms with Crippen LogP contribution in [-0.2, 0) is 19.8 Å².